The van der Waals surface area contributed by atoms with Crippen LogP contribution in [0.15, 0.2) is 18.2 Å². The Balaban J connectivity index is 1.52. The zero-order valence-corrected chi connectivity index (χ0v) is 19.5. The first-order valence-corrected chi connectivity index (χ1v) is 11.4. The lowest BCUT2D eigenvalue weighted by Crippen LogP contribution is -2.44. The molecule has 6 atom stereocenters. The van der Waals surface area contributed by atoms with E-state index in [4.69, 9.17) is 18.9 Å². The van der Waals surface area contributed by atoms with Crippen molar-refractivity contribution >= 4 is 23.9 Å². The average Bonchev–Trinajstić information content (AvgIpc) is 3.38. The third-order valence-electron chi connectivity index (χ3n) is 6.88. The van der Waals surface area contributed by atoms with Crippen molar-refractivity contribution < 1.29 is 43.2 Å². The fourth-order valence-corrected chi connectivity index (χ4v) is 5.34. The quantitative estimate of drug-likeness (QED) is 0.378. The number of ether oxygens (including phenoxy) is 4. The number of allylic oxidation sites excluding steroid dienone is 2. The molecule has 1 aliphatic heterocycles. The van der Waals surface area contributed by atoms with E-state index in [1.807, 2.05) is 12.2 Å². The Morgan fingerprint density at radius 3 is 2.29 bits per heavy atom. The van der Waals surface area contributed by atoms with E-state index in [-0.39, 0.29) is 29.8 Å². The molecule has 9 nitrogen and oxygen atoms in total. The lowest BCUT2D eigenvalue weighted by Gasteiger charge is -2.30. The predicted octanol–water partition coefficient (Wildman–Crippen LogP) is 2.88. The van der Waals surface area contributed by atoms with Crippen LogP contribution in [0.1, 0.15) is 46.8 Å². The highest BCUT2D eigenvalue weighted by molar-refractivity contribution is 5.93. The molecule has 1 saturated heterocycles. The maximum absolute atomic E-state index is 13.3. The van der Waals surface area contributed by atoms with Crippen molar-refractivity contribution in [2.45, 2.75) is 52.9 Å². The van der Waals surface area contributed by atoms with Crippen LogP contribution in [0.3, 0.4) is 0 Å². The van der Waals surface area contributed by atoms with Gasteiger partial charge in [0, 0.05) is 5.56 Å². The largest absolute Gasteiger partial charge is 0.478 e. The van der Waals surface area contributed by atoms with Gasteiger partial charge in [0.1, 0.15) is 12.4 Å². The fourth-order valence-electron chi connectivity index (χ4n) is 5.34. The van der Waals surface area contributed by atoms with Gasteiger partial charge in [-0.3, -0.25) is 9.59 Å². The summed E-state index contributed by atoms with van der Waals surface area (Å²) in [6.07, 6.45) is 2.99. The number of esters is 3. The van der Waals surface area contributed by atoms with Crippen LogP contribution >= 0.6 is 0 Å². The standard InChI is InChI=1S/C25H28O9/c1-5-16-23(28)32-17(10-31-16)33-24(29)19-14-6-7-15(9-14)20(19)25(30)34-21-12(3)8-11(2)18(13(21)4)22(26)27/h6-8,14-17,19-20H,5,9-10H2,1-4H3,(H,26,27). The summed E-state index contributed by atoms with van der Waals surface area (Å²) in [7, 11) is 0. The van der Waals surface area contributed by atoms with Crippen LogP contribution in [-0.2, 0) is 28.6 Å². The molecule has 182 valence electrons. The minimum atomic E-state index is -1.16. The minimum Gasteiger partial charge on any atom is -0.478 e. The summed E-state index contributed by atoms with van der Waals surface area (Å²) in [6, 6.07) is 1.66. The Morgan fingerprint density at radius 1 is 1.06 bits per heavy atom. The highest BCUT2D eigenvalue weighted by Crippen LogP contribution is 2.49. The maximum atomic E-state index is 13.3. The van der Waals surface area contributed by atoms with Gasteiger partial charge in [-0.25, -0.2) is 9.59 Å². The fraction of sp³-hybridized carbons (Fsp3) is 0.520. The molecule has 2 fully saturated rings. The summed E-state index contributed by atoms with van der Waals surface area (Å²) < 4.78 is 21.7. The summed E-state index contributed by atoms with van der Waals surface area (Å²) in [4.78, 5) is 50.0. The van der Waals surface area contributed by atoms with Crippen molar-refractivity contribution in [3.63, 3.8) is 0 Å². The predicted molar refractivity (Wildman–Crippen MR) is 117 cm³/mol. The maximum Gasteiger partial charge on any atom is 0.338 e. The molecule has 2 aliphatic carbocycles. The van der Waals surface area contributed by atoms with Gasteiger partial charge in [0.25, 0.3) is 6.29 Å². The van der Waals surface area contributed by atoms with Gasteiger partial charge in [-0.1, -0.05) is 25.1 Å². The van der Waals surface area contributed by atoms with Crippen LogP contribution in [0.2, 0.25) is 0 Å². The summed E-state index contributed by atoms with van der Waals surface area (Å²) in [5, 5.41) is 9.56. The van der Waals surface area contributed by atoms with E-state index >= 15 is 0 Å². The van der Waals surface area contributed by atoms with Crippen LogP contribution in [0.5, 0.6) is 5.75 Å². The zero-order valence-electron chi connectivity index (χ0n) is 19.5. The Morgan fingerprint density at radius 2 is 1.71 bits per heavy atom. The molecule has 1 aromatic carbocycles. The van der Waals surface area contributed by atoms with Crippen molar-refractivity contribution in [1.29, 1.82) is 0 Å². The molecule has 0 radical (unpaired) electrons. The third kappa shape index (κ3) is 4.20. The van der Waals surface area contributed by atoms with E-state index in [9.17, 15) is 24.3 Å². The lowest BCUT2D eigenvalue weighted by atomic mass is 9.83. The average molecular weight is 472 g/mol. The first-order valence-electron chi connectivity index (χ1n) is 11.4. The lowest BCUT2D eigenvalue weighted by molar-refractivity contribution is -0.230. The molecule has 1 heterocycles. The second-order valence-electron chi connectivity index (χ2n) is 9.10. The molecule has 1 N–H and O–H groups in total. The number of fused-ring (bicyclic) bond motifs is 2. The van der Waals surface area contributed by atoms with Crippen LogP contribution in [0, 0.1) is 44.4 Å². The highest BCUT2D eigenvalue weighted by atomic mass is 16.7. The second-order valence-corrected chi connectivity index (χ2v) is 9.10. The van der Waals surface area contributed by atoms with Gasteiger partial charge in [-0.15, -0.1) is 0 Å². The zero-order chi connectivity index (χ0) is 24.7. The molecule has 1 aromatic rings. The Hall–Kier alpha value is -3.20. The number of hydrogen-bond donors (Lipinski definition) is 1. The Kier molecular flexibility index (Phi) is 6.49. The van der Waals surface area contributed by atoms with Crippen molar-refractivity contribution in [2.24, 2.45) is 23.7 Å². The molecule has 6 unspecified atom stereocenters. The smallest absolute Gasteiger partial charge is 0.338 e. The summed E-state index contributed by atoms with van der Waals surface area (Å²) >= 11 is 0. The number of hydrogen-bond acceptors (Lipinski definition) is 8. The Labute approximate surface area is 197 Å². The van der Waals surface area contributed by atoms with Gasteiger partial charge in [0.15, 0.2) is 6.10 Å². The van der Waals surface area contributed by atoms with E-state index in [2.05, 4.69) is 0 Å². The summed E-state index contributed by atoms with van der Waals surface area (Å²) in [5.41, 5.74) is 1.64. The number of rotatable bonds is 6. The van der Waals surface area contributed by atoms with Gasteiger partial charge in [0.2, 0.25) is 0 Å². The molecule has 0 amide bonds. The molecule has 0 spiro atoms. The van der Waals surface area contributed by atoms with E-state index < -0.39 is 48.1 Å². The number of carboxylic acids is 1. The third-order valence-corrected chi connectivity index (χ3v) is 6.88. The molecular weight excluding hydrogens is 444 g/mol. The molecule has 2 bridgehead atoms. The molecular formula is C25H28O9. The number of carboxylic acid groups (broad SMARTS) is 1. The summed E-state index contributed by atoms with van der Waals surface area (Å²) in [6.45, 7) is 6.74. The van der Waals surface area contributed by atoms with E-state index in [0.717, 1.165) is 0 Å². The van der Waals surface area contributed by atoms with E-state index in [1.54, 1.807) is 33.8 Å². The highest BCUT2D eigenvalue weighted by Gasteiger charge is 2.54. The van der Waals surface area contributed by atoms with Crippen molar-refractivity contribution in [2.75, 3.05) is 6.61 Å². The molecule has 9 heteroatoms. The van der Waals surface area contributed by atoms with Crippen LogP contribution in [-0.4, -0.2) is 48.0 Å². The van der Waals surface area contributed by atoms with E-state index in [0.29, 0.717) is 29.5 Å². The normalized spacial score (nSPS) is 29.6. The van der Waals surface area contributed by atoms with Crippen molar-refractivity contribution in [3.05, 3.63) is 40.5 Å². The number of benzene rings is 1. The number of carbonyl (C=O) groups is 4. The molecule has 0 aromatic heterocycles. The Bertz CT molecular complexity index is 1070. The molecule has 34 heavy (non-hydrogen) atoms. The molecule has 1 saturated carbocycles. The minimum absolute atomic E-state index is 0.0680. The van der Waals surface area contributed by atoms with Crippen LogP contribution in [0.4, 0.5) is 0 Å². The number of carbonyl (C=O) groups excluding carboxylic acids is 3. The first kappa shape index (κ1) is 23.9. The van der Waals surface area contributed by atoms with Crippen LogP contribution in [0.25, 0.3) is 0 Å². The monoisotopic (exact) mass is 472 g/mol. The number of aromatic carboxylic acids is 1. The topological polar surface area (TPSA) is 125 Å². The molecule has 3 aliphatic rings. The SMILES string of the molecule is CCC1OCC(OC(=O)C2C3C=CC(C3)C2C(=O)Oc2c(C)cc(C)c(C(=O)O)c2C)OC1=O. The number of aryl methyl sites for hydroxylation is 2. The van der Waals surface area contributed by atoms with Gasteiger partial charge >= 0.3 is 23.9 Å². The molecule has 4 rings (SSSR count). The van der Waals surface area contributed by atoms with Crippen molar-refractivity contribution in [3.8, 4) is 5.75 Å². The van der Waals surface area contributed by atoms with Crippen molar-refractivity contribution in [1.82, 2.24) is 0 Å². The van der Waals surface area contributed by atoms with Gasteiger partial charge in [-0.05, 0) is 56.6 Å². The number of cyclic esters (lactones) is 1. The first-order chi connectivity index (χ1) is 16.1. The van der Waals surface area contributed by atoms with Crippen LogP contribution < -0.4 is 4.74 Å². The summed E-state index contributed by atoms with van der Waals surface area (Å²) in [5.74, 6) is -4.77. The van der Waals surface area contributed by atoms with Gasteiger partial charge in [0.05, 0.1) is 17.4 Å². The van der Waals surface area contributed by atoms with Gasteiger partial charge < -0.3 is 24.1 Å². The van der Waals surface area contributed by atoms with E-state index in [1.165, 1.54) is 0 Å². The second kappa shape index (κ2) is 9.21. The van der Waals surface area contributed by atoms with Gasteiger partial charge in [-0.2, -0.15) is 0 Å².